The Morgan fingerprint density at radius 1 is 0.353 bits per heavy atom. The predicted molar refractivity (Wildman–Crippen MR) is 67.4 cm³/mol. The molecule has 0 nitrogen and oxygen atoms in total. The van der Waals surface area contributed by atoms with Crippen LogP contribution in [0.1, 0.15) is 57.8 Å². The maximum atomic E-state index is 2.24. The molecule has 0 heterocycles. The van der Waals surface area contributed by atoms with Crippen molar-refractivity contribution in [2.45, 2.75) is 57.8 Å². The third-order valence-corrected chi connectivity index (χ3v) is 2.72. The van der Waals surface area contributed by atoms with E-state index in [0.29, 0.717) is 0 Å². The van der Waals surface area contributed by atoms with Crippen LogP contribution in [-0.2, 0) is 0 Å². The van der Waals surface area contributed by atoms with Crippen molar-refractivity contribution in [3.8, 4) is 0 Å². The van der Waals surface area contributed by atoms with Gasteiger partial charge in [-0.1, -0.05) is 0 Å². The molecule has 3 rings (SSSR count). The number of hydrogen-bond acceptors (Lipinski definition) is 0. The van der Waals surface area contributed by atoms with Crippen LogP contribution >= 0.6 is 0 Å². The smallest absolute Gasteiger partial charge is 0.495 e. The molecule has 0 atom stereocenters. The normalized spacial score (nSPS) is 21.2. The molecule has 3 aliphatic carbocycles. The Balaban J connectivity index is 0. The van der Waals surface area contributed by atoms with E-state index in [0.717, 1.165) is 0 Å². The summed E-state index contributed by atoms with van der Waals surface area (Å²) in [6.07, 6.45) is 25.5. The van der Waals surface area contributed by atoms with Gasteiger partial charge in [0.1, 0.15) is 0 Å². The molecule has 0 amide bonds. The fraction of sp³-hybridized carbons (Fsp3) is 0.600. The second-order valence-corrected chi connectivity index (χ2v) is 4.21. The third-order valence-electron chi connectivity index (χ3n) is 2.72. The van der Waals surface area contributed by atoms with Gasteiger partial charge in [-0.2, -0.15) is 0 Å². The first-order chi connectivity index (χ1) is 7.50. The van der Waals surface area contributed by atoms with Crippen molar-refractivity contribution in [1.82, 2.24) is 0 Å². The molecule has 17 heavy (non-hydrogen) atoms. The quantitative estimate of drug-likeness (QED) is 0.418. The average Bonchev–Trinajstić information content (AvgIpc) is 3.09. The Morgan fingerprint density at radius 2 is 0.529 bits per heavy atom. The summed E-state index contributed by atoms with van der Waals surface area (Å²) in [5.41, 5.74) is 0. The van der Waals surface area contributed by atoms with Crippen molar-refractivity contribution in [2.75, 3.05) is 0 Å². The Kier molecular flexibility index (Phi) is 24.1. The first-order valence-electron chi connectivity index (χ1n) is 6.45. The summed E-state index contributed by atoms with van der Waals surface area (Å²) >= 11 is 0. The van der Waals surface area contributed by atoms with Gasteiger partial charge < -0.3 is 38.5 Å². The summed E-state index contributed by atoms with van der Waals surface area (Å²) in [6, 6.07) is 0. The summed E-state index contributed by atoms with van der Waals surface area (Å²) in [6.45, 7) is 0. The molecule has 0 aromatic rings. The van der Waals surface area contributed by atoms with Gasteiger partial charge in [0, 0.05) is 0 Å². The standard InChI is InChI=1S/3C5H8.2Sm/c3*1-2-4-5-3-1;;/h3*1-2H,3-5H2;;/q3*-2;2*+3. The zero-order valence-corrected chi connectivity index (χ0v) is 15.9. The van der Waals surface area contributed by atoms with Crippen molar-refractivity contribution >= 4 is 0 Å². The minimum absolute atomic E-state index is 0. The van der Waals surface area contributed by atoms with Crippen molar-refractivity contribution < 1.29 is 80.8 Å². The number of hydrogen-bond donors (Lipinski definition) is 0. The maximum absolute atomic E-state index is 2.24. The van der Waals surface area contributed by atoms with E-state index in [1.807, 2.05) is 0 Å². The SMILES string of the molecule is [CH-]1[CH-]CCC1.[CH-]1[CH-]CCC1.[CH-]1[CH-]CCC1.[Sm+3].[Sm+3]. The van der Waals surface area contributed by atoms with E-state index in [1.165, 1.54) is 57.8 Å². The summed E-state index contributed by atoms with van der Waals surface area (Å²) in [5, 5.41) is 0. The van der Waals surface area contributed by atoms with Gasteiger partial charge in [-0.25, -0.2) is 38.5 Å². The van der Waals surface area contributed by atoms with Gasteiger partial charge in [0.2, 0.25) is 0 Å². The second-order valence-electron chi connectivity index (χ2n) is 4.21. The summed E-state index contributed by atoms with van der Waals surface area (Å²) in [4.78, 5) is 0. The minimum Gasteiger partial charge on any atom is -0.495 e. The monoisotopic (exact) mass is 508 g/mol. The maximum Gasteiger partial charge on any atom is 3.00 e. The van der Waals surface area contributed by atoms with E-state index < -0.39 is 0 Å². The van der Waals surface area contributed by atoms with Crippen LogP contribution in [0.3, 0.4) is 0 Å². The first kappa shape index (κ1) is 22.0. The van der Waals surface area contributed by atoms with Crippen LogP contribution in [0.2, 0.25) is 0 Å². The summed E-state index contributed by atoms with van der Waals surface area (Å²) in [5.74, 6) is 0. The molecule has 0 bridgehead atoms. The number of rotatable bonds is 0. The van der Waals surface area contributed by atoms with Crippen LogP contribution in [0, 0.1) is 119 Å². The van der Waals surface area contributed by atoms with Gasteiger partial charge in [0.25, 0.3) is 0 Å². The topological polar surface area (TPSA) is 0 Å². The van der Waals surface area contributed by atoms with E-state index in [2.05, 4.69) is 38.5 Å². The van der Waals surface area contributed by atoms with E-state index in [-0.39, 0.29) is 80.8 Å². The van der Waals surface area contributed by atoms with Gasteiger partial charge in [-0.3, -0.25) is 0 Å². The van der Waals surface area contributed by atoms with Crippen molar-refractivity contribution in [3.05, 3.63) is 38.5 Å². The molecule has 2 radical (unpaired) electrons. The Labute approximate surface area is 174 Å². The Hall–Kier alpha value is 2.68. The van der Waals surface area contributed by atoms with Gasteiger partial charge in [0.15, 0.2) is 0 Å². The van der Waals surface area contributed by atoms with Gasteiger partial charge >= 0.3 is 80.8 Å². The van der Waals surface area contributed by atoms with Gasteiger partial charge in [-0.05, 0) is 0 Å². The largest absolute Gasteiger partial charge is 3.00 e. The molecule has 0 aromatic carbocycles. The van der Waals surface area contributed by atoms with E-state index in [1.54, 1.807) is 0 Å². The van der Waals surface area contributed by atoms with Crippen LogP contribution in [0.5, 0.6) is 0 Å². The zero-order chi connectivity index (χ0) is 10.6. The fourth-order valence-electron chi connectivity index (χ4n) is 1.77. The van der Waals surface area contributed by atoms with E-state index >= 15 is 0 Å². The molecule has 0 unspecified atom stereocenters. The summed E-state index contributed by atoms with van der Waals surface area (Å²) in [7, 11) is 0. The molecule has 0 spiro atoms. The second kappa shape index (κ2) is 18.7. The van der Waals surface area contributed by atoms with Crippen LogP contribution in [0.25, 0.3) is 0 Å². The fourth-order valence-corrected chi connectivity index (χ4v) is 1.77. The third kappa shape index (κ3) is 16.6. The average molecular weight is 505 g/mol. The van der Waals surface area contributed by atoms with Gasteiger partial charge in [-0.15, -0.1) is 19.3 Å². The molecular formula is C15H24Sm2. The van der Waals surface area contributed by atoms with Crippen molar-refractivity contribution in [3.63, 3.8) is 0 Å². The van der Waals surface area contributed by atoms with Crippen LogP contribution < -0.4 is 0 Å². The molecule has 2 heteroatoms. The molecule has 3 aliphatic rings. The first-order valence-corrected chi connectivity index (χ1v) is 6.45. The molecule has 0 aliphatic heterocycles. The van der Waals surface area contributed by atoms with Crippen molar-refractivity contribution in [2.24, 2.45) is 0 Å². The molecule has 0 N–H and O–H groups in total. The summed E-state index contributed by atoms with van der Waals surface area (Å²) < 4.78 is 0. The van der Waals surface area contributed by atoms with Crippen LogP contribution in [-0.4, -0.2) is 0 Å². The Morgan fingerprint density at radius 3 is 0.588 bits per heavy atom. The van der Waals surface area contributed by atoms with Crippen LogP contribution in [0.15, 0.2) is 0 Å². The predicted octanol–water partition coefficient (Wildman–Crippen LogP) is 4.74. The molecule has 3 saturated carbocycles. The molecule has 0 saturated heterocycles. The zero-order valence-electron chi connectivity index (χ0n) is 10.6. The Bertz CT molecular complexity index is 67.5. The van der Waals surface area contributed by atoms with Gasteiger partial charge in [0.05, 0.1) is 0 Å². The van der Waals surface area contributed by atoms with Crippen LogP contribution in [0.4, 0.5) is 0 Å². The molecule has 0 aromatic heterocycles. The van der Waals surface area contributed by atoms with E-state index in [9.17, 15) is 0 Å². The van der Waals surface area contributed by atoms with E-state index in [4.69, 9.17) is 0 Å². The molecular weight excluding hydrogens is 481 g/mol. The molecule has 3 fully saturated rings. The molecule has 96 valence electrons. The van der Waals surface area contributed by atoms with Crippen molar-refractivity contribution in [1.29, 1.82) is 0 Å². The minimum atomic E-state index is 0.